The number of hydrogen-bond acceptors (Lipinski definition) is 1. The molecule has 3 nitrogen and oxygen atoms in total. The Morgan fingerprint density at radius 2 is 1.95 bits per heavy atom. The lowest BCUT2D eigenvalue weighted by molar-refractivity contribution is 0.237. The Morgan fingerprint density at radius 1 is 1.21 bits per heavy atom. The number of amides is 2. The SMILES string of the molecule is O=C(NCCc1ccc(F)c(F)c1)NC1CCCC1. The van der Waals surface area contributed by atoms with Gasteiger partial charge in [-0.25, -0.2) is 13.6 Å². The number of benzene rings is 1. The molecule has 2 N–H and O–H groups in total. The third-order valence-corrected chi connectivity index (χ3v) is 3.37. The van der Waals surface area contributed by atoms with Gasteiger partial charge in [-0.3, -0.25) is 0 Å². The van der Waals surface area contributed by atoms with E-state index in [0.717, 1.165) is 25.0 Å². The second kappa shape index (κ2) is 6.50. The average molecular weight is 268 g/mol. The monoisotopic (exact) mass is 268 g/mol. The molecule has 19 heavy (non-hydrogen) atoms. The number of carbonyl (C=O) groups excluding carboxylic acids is 1. The first-order chi connectivity index (χ1) is 9.15. The molecule has 1 aliphatic carbocycles. The molecule has 0 radical (unpaired) electrons. The van der Waals surface area contributed by atoms with Gasteiger partial charge in [0.1, 0.15) is 0 Å². The molecule has 1 aliphatic rings. The molecular weight excluding hydrogens is 250 g/mol. The molecule has 1 fully saturated rings. The van der Waals surface area contributed by atoms with Crippen LogP contribution in [0, 0.1) is 11.6 Å². The van der Waals surface area contributed by atoms with E-state index < -0.39 is 11.6 Å². The van der Waals surface area contributed by atoms with E-state index in [2.05, 4.69) is 10.6 Å². The minimum Gasteiger partial charge on any atom is -0.338 e. The summed E-state index contributed by atoms with van der Waals surface area (Å²) in [6.45, 7) is 0.406. The third-order valence-electron chi connectivity index (χ3n) is 3.37. The van der Waals surface area contributed by atoms with E-state index in [4.69, 9.17) is 0 Å². The molecule has 104 valence electrons. The minimum atomic E-state index is -0.854. The van der Waals surface area contributed by atoms with Crippen LogP contribution >= 0.6 is 0 Å². The zero-order valence-electron chi connectivity index (χ0n) is 10.7. The molecule has 0 heterocycles. The highest BCUT2D eigenvalue weighted by molar-refractivity contribution is 5.74. The van der Waals surface area contributed by atoms with E-state index in [-0.39, 0.29) is 12.1 Å². The topological polar surface area (TPSA) is 41.1 Å². The molecule has 1 aromatic rings. The maximum absolute atomic E-state index is 13.0. The van der Waals surface area contributed by atoms with Crippen molar-refractivity contribution in [2.24, 2.45) is 0 Å². The van der Waals surface area contributed by atoms with Crippen LogP contribution in [0.25, 0.3) is 0 Å². The third kappa shape index (κ3) is 4.19. The lowest BCUT2D eigenvalue weighted by Gasteiger charge is -2.12. The fourth-order valence-corrected chi connectivity index (χ4v) is 2.32. The molecule has 1 aromatic carbocycles. The standard InChI is InChI=1S/C14H18F2N2O/c15-12-6-5-10(9-13(12)16)7-8-17-14(19)18-11-3-1-2-4-11/h5-6,9,11H,1-4,7-8H2,(H2,17,18,19). The first-order valence-electron chi connectivity index (χ1n) is 6.63. The predicted molar refractivity (Wildman–Crippen MR) is 68.9 cm³/mol. The Labute approximate surface area is 111 Å². The van der Waals surface area contributed by atoms with Crippen molar-refractivity contribution < 1.29 is 13.6 Å². The van der Waals surface area contributed by atoms with Gasteiger partial charge in [-0.15, -0.1) is 0 Å². The van der Waals surface area contributed by atoms with Gasteiger partial charge in [0, 0.05) is 12.6 Å². The van der Waals surface area contributed by atoms with Gasteiger partial charge < -0.3 is 10.6 Å². The Hall–Kier alpha value is -1.65. The van der Waals surface area contributed by atoms with E-state index >= 15 is 0 Å². The highest BCUT2D eigenvalue weighted by atomic mass is 19.2. The normalized spacial score (nSPS) is 15.5. The largest absolute Gasteiger partial charge is 0.338 e. The molecule has 5 heteroatoms. The van der Waals surface area contributed by atoms with Crippen molar-refractivity contribution in [3.63, 3.8) is 0 Å². The molecule has 1 saturated carbocycles. The Bertz CT molecular complexity index is 445. The van der Waals surface area contributed by atoms with E-state index in [1.165, 1.54) is 18.9 Å². The summed E-state index contributed by atoms with van der Waals surface area (Å²) in [6.07, 6.45) is 4.89. The first-order valence-corrected chi connectivity index (χ1v) is 6.63. The molecule has 0 aromatic heterocycles. The minimum absolute atomic E-state index is 0.186. The number of halogens is 2. The number of rotatable bonds is 4. The predicted octanol–water partition coefficient (Wildman–Crippen LogP) is 2.75. The van der Waals surface area contributed by atoms with Crippen molar-refractivity contribution in [2.45, 2.75) is 38.1 Å². The van der Waals surface area contributed by atoms with Crippen molar-refractivity contribution in [1.82, 2.24) is 10.6 Å². The van der Waals surface area contributed by atoms with Crippen LogP contribution < -0.4 is 10.6 Å². The lowest BCUT2D eigenvalue weighted by Crippen LogP contribution is -2.41. The van der Waals surface area contributed by atoms with Gasteiger partial charge in [0.25, 0.3) is 0 Å². The summed E-state index contributed by atoms with van der Waals surface area (Å²) in [5.74, 6) is -1.71. The van der Waals surface area contributed by atoms with Crippen LogP contribution in [0.2, 0.25) is 0 Å². The van der Waals surface area contributed by atoms with Crippen molar-refractivity contribution >= 4 is 6.03 Å². The fourth-order valence-electron chi connectivity index (χ4n) is 2.32. The zero-order valence-corrected chi connectivity index (χ0v) is 10.7. The molecule has 0 saturated heterocycles. The number of urea groups is 1. The molecule has 0 aliphatic heterocycles. The van der Waals surface area contributed by atoms with Crippen LogP contribution in [0.1, 0.15) is 31.2 Å². The van der Waals surface area contributed by atoms with Crippen molar-refractivity contribution in [2.75, 3.05) is 6.54 Å². The van der Waals surface area contributed by atoms with Gasteiger partial charge >= 0.3 is 6.03 Å². The van der Waals surface area contributed by atoms with E-state index in [0.29, 0.717) is 18.5 Å². The van der Waals surface area contributed by atoms with Crippen molar-refractivity contribution in [3.05, 3.63) is 35.4 Å². The molecule has 0 unspecified atom stereocenters. The van der Waals surface area contributed by atoms with Crippen LogP contribution in [-0.2, 0) is 6.42 Å². The number of carbonyl (C=O) groups is 1. The van der Waals surface area contributed by atoms with Crippen molar-refractivity contribution in [3.8, 4) is 0 Å². The zero-order chi connectivity index (χ0) is 13.7. The summed E-state index contributed by atoms with van der Waals surface area (Å²) in [4.78, 5) is 11.6. The summed E-state index contributed by atoms with van der Waals surface area (Å²) in [7, 11) is 0. The molecule has 0 atom stereocenters. The summed E-state index contributed by atoms with van der Waals surface area (Å²) in [5.41, 5.74) is 0.667. The van der Waals surface area contributed by atoms with Gasteiger partial charge in [-0.1, -0.05) is 18.9 Å². The van der Waals surface area contributed by atoms with E-state index in [1.807, 2.05) is 0 Å². The summed E-state index contributed by atoms with van der Waals surface area (Å²) in [6, 6.07) is 3.88. The summed E-state index contributed by atoms with van der Waals surface area (Å²) < 4.78 is 25.7. The summed E-state index contributed by atoms with van der Waals surface area (Å²) >= 11 is 0. The van der Waals surface area contributed by atoms with E-state index in [1.54, 1.807) is 0 Å². The van der Waals surface area contributed by atoms with Crippen LogP contribution in [0.4, 0.5) is 13.6 Å². The molecule has 0 bridgehead atoms. The highest BCUT2D eigenvalue weighted by Crippen LogP contribution is 2.17. The van der Waals surface area contributed by atoms with Crippen LogP contribution in [0.15, 0.2) is 18.2 Å². The Morgan fingerprint density at radius 3 is 2.63 bits per heavy atom. The maximum atomic E-state index is 13.0. The van der Waals surface area contributed by atoms with Crippen LogP contribution in [-0.4, -0.2) is 18.6 Å². The van der Waals surface area contributed by atoms with Crippen LogP contribution in [0.3, 0.4) is 0 Å². The second-order valence-corrected chi connectivity index (χ2v) is 4.88. The summed E-state index contributed by atoms with van der Waals surface area (Å²) in [5, 5.41) is 5.63. The van der Waals surface area contributed by atoms with Gasteiger partial charge in [-0.2, -0.15) is 0 Å². The van der Waals surface area contributed by atoms with E-state index in [9.17, 15) is 13.6 Å². The van der Waals surface area contributed by atoms with Gasteiger partial charge in [0.15, 0.2) is 11.6 Å². The number of nitrogens with one attached hydrogen (secondary N) is 2. The molecule has 2 amide bonds. The average Bonchev–Trinajstić information content (AvgIpc) is 2.86. The second-order valence-electron chi connectivity index (χ2n) is 4.88. The molecule has 2 rings (SSSR count). The van der Waals surface area contributed by atoms with Crippen LogP contribution in [0.5, 0.6) is 0 Å². The smallest absolute Gasteiger partial charge is 0.315 e. The molecular formula is C14H18F2N2O. The quantitative estimate of drug-likeness (QED) is 0.866. The van der Waals surface area contributed by atoms with Crippen molar-refractivity contribution in [1.29, 1.82) is 0 Å². The van der Waals surface area contributed by atoms with Gasteiger partial charge in [0.2, 0.25) is 0 Å². The Kier molecular flexibility index (Phi) is 4.71. The van der Waals surface area contributed by atoms with Gasteiger partial charge in [0.05, 0.1) is 0 Å². The maximum Gasteiger partial charge on any atom is 0.315 e. The highest BCUT2D eigenvalue weighted by Gasteiger charge is 2.16. The number of hydrogen-bond donors (Lipinski definition) is 2. The Balaban J connectivity index is 1.70. The first kappa shape index (κ1) is 13.8. The van der Waals surface area contributed by atoms with Gasteiger partial charge in [-0.05, 0) is 37.0 Å². The lowest BCUT2D eigenvalue weighted by atomic mass is 10.1. The molecule has 0 spiro atoms. The fraction of sp³-hybridized carbons (Fsp3) is 0.500.